The van der Waals surface area contributed by atoms with Crippen molar-refractivity contribution in [2.45, 2.75) is 61.9 Å². The molecule has 2 rings (SSSR count). The Hall–Kier alpha value is -5.32. The Morgan fingerprint density at radius 3 is 2.02 bits per heavy atom. The van der Waals surface area contributed by atoms with E-state index in [1.54, 1.807) is 0 Å². The van der Waals surface area contributed by atoms with E-state index in [4.69, 9.17) is 63.7 Å². The molecule has 1 saturated heterocycles. The van der Waals surface area contributed by atoms with E-state index in [2.05, 4.69) is 42.2 Å². The summed E-state index contributed by atoms with van der Waals surface area (Å²) in [6, 6.07) is -8.54. The van der Waals surface area contributed by atoms with Crippen molar-refractivity contribution in [2.75, 3.05) is 32.8 Å². The number of carbonyl (C=O) groups excluding carboxylic acids is 7. The van der Waals surface area contributed by atoms with Crippen LogP contribution >= 0.6 is 0 Å². The third-order valence-electron chi connectivity index (χ3n) is 6.90. The van der Waals surface area contributed by atoms with E-state index < -0.39 is 124 Å². The molecule has 0 aromatic heterocycles. The van der Waals surface area contributed by atoms with Crippen LogP contribution in [0.2, 0.25) is 0 Å². The number of nitrogens with one attached hydrogen (secondary N) is 8. The molecule has 0 radical (unpaired) electrons. The van der Waals surface area contributed by atoms with Gasteiger partial charge in [-0.05, 0) is 25.8 Å². The summed E-state index contributed by atoms with van der Waals surface area (Å²) >= 11 is 0. The summed E-state index contributed by atoms with van der Waals surface area (Å²) in [5.41, 5.74) is 27.6. The smallest absolute Gasteiger partial charge is 0.394 e. The lowest BCUT2D eigenvalue weighted by atomic mass is 10.0. The minimum Gasteiger partial charge on any atom is -0.394 e. The summed E-state index contributed by atoms with van der Waals surface area (Å²) in [6.07, 6.45) is 1.86. The first-order chi connectivity index (χ1) is 26.2. The van der Waals surface area contributed by atoms with Gasteiger partial charge in [-0.15, -0.1) is 0 Å². The molecule has 57 heavy (non-hydrogen) atoms. The zero-order valence-corrected chi connectivity index (χ0v) is 31.4. The van der Waals surface area contributed by atoms with Gasteiger partial charge in [0, 0.05) is 38.3 Å². The first-order valence-electron chi connectivity index (χ1n) is 16.1. The van der Waals surface area contributed by atoms with Gasteiger partial charge in [-0.3, -0.25) is 52.0 Å². The van der Waals surface area contributed by atoms with Crippen LogP contribution < -0.4 is 71.2 Å². The predicted molar refractivity (Wildman–Crippen MR) is 193 cm³/mol. The fourth-order valence-electron chi connectivity index (χ4n) is 4.35. The molecule has 30 nitrogen and oxygen atoms in total. The minimum absolute atomic E-state index is 0.0120. The van der Waals surface area contributed by atoms with Gasteiger partial charge in [0.25, 0.3) is 5.91 Å². The lowest BCUT2D eigenvalue weighted by Gasteiger charge is -2.31. The molecule has 1 unspecified atom stereocenters. The van der Waals surface area contributed by atoms with E-state index >= 15 is 0 Å². The first kappa shape index (κ1) is 51.7. The van der Waals surface area contributed by atoms with Gasteiger partial charge in [-0.2, -0.15) is 16.8 Å². The maximum atomic E-state index is 13.5. The second-order valence-corrected chi connectivity index (χ2v) is 13.4. The van der Waals surface area contributed by atoms with Crippen molar-refractivity contribution in [3.63, 3.8) is 0 Å². The molecule has 0 bridgehead atoms. The van der Waals surface area contributed by atoms with Gasteiger partial charge in [0.05, 0.1) is 12.6 Å². The standard InChI is InChI=1S/C25H44N14O8.2H2O4S/c26-4-1-2-11(27)6-17(41)32-8-14-20(43)35-15(9-34-25(30)47)21(44)39-18(13-3-5-31-24(29)38-13)23(46)33-7-12(28)19(42)37-16(10-40)22(45)36-14;2*1-5(2,3)4/h9,11-14,16,18,40H,1-8,10,26-28H2,(H,32,41)(H,33,46)(H,35,43)(H,36,45)(H,37,42)(H,39,44)(H3,29,31,38)(H3,30,34,47);2*(H2,1,2,3,4)/b15-9-;;/t11?,12-,13+,14-,16-,18-;;/m0../s1. The van der Waals surface area contributed by atoms with Crippen LogP contribution in [0.25, 0.3) is 0 Å². The summed E-state index contributed by atoms with van der Waals surface area (Å²) < 4.78 is 63.2. The number of hydrogen-bond donors (Lipinski definition) is 18. The maximum Gasteiger partial charge on any atom is 0.394 e. The molecule has 23 N–H and O–H groups in total. The minimum atomic E-state index is -4.67. The number of urea groups is 1. The molecule has 0 aromatic rings. The first-order valence-corrected chi connectivity index (χ1v) is 18.9. The van der Waals surface area contributed by atoms with E-state index in [9.17, 15) is 38.7 Å². The number of guanidine groups is 1. The average molecular weight is 865 g/mol. The largest absolute Gasteiger partial charge is 0.394 e. The van der Waals surface area contributed by atoms with Gasteiger partial charge in [0.1, 0.15) is 29.9 Å². The van der Waals surface area contributed by atoms with Gasteiger partial charge in [-0.1, -0.05) is 0 Å². The number of aliphatic hydroxyl groups is 1. The van der Waals surface area contributed by atoms with Crippen molar-refractivity contribution in [2.24, 2.45) is 33.7 Å². The Balaban J connectivity index is 0.00000277. The van der Waals surface area contributed by atoms with Crippen LogP contribution in [0.3, 0.4) is 0 Å². The third kappa shape index (κ3) is 24.7. The lowest BCUT2D eigenvalue weighted by molar-refractivity contribution is -0.134. The molecule has 2 heterocycles. The average Bonchev–Trinajstić information content (AvgIpc) is 3.08. The highest BCUT2D eigenvalue weighted by molar-refractivity contribution is 7.80. The zero-order chi connectivity index (χ0) is 44.1. The fourth-order valence-corrected chi connectivity index (χ4v) is 4.35. The van der Waals surface area contributed by atoms with Crippen molar-refractivity contribution < 1.29 is 73.7 Å². The van der Waals surface area contributed by atoms with Crippen molar-refractivity contribution in [3.05, 3.63) is 11.9 Å². The topological polar surface area (TPSA) is 528 Å². The molecule has 2 aliphatic rings. The van der Waals surface area contributed by atoms with Crippen molar-refractivity contribution >= 4 is 68.2 Å². The Bertz CT molecular complexity index is 1670. The third-order valence-corrected chi connectivity index (χ3v) is 6.90. The summed E-state index contributed by atoms with van der Waals surface area (Å²) in [5, 5.41) is 28.7. The van der Waals surface area contributed by atoms with Gasteiger partial charge < -0.3 is 76.3 Å². The van der Waals surface area contributed by atoms with Crippen molar-refractivity contribution in [3.8, 4) is 0 Å². The highest BCUT2D eigenvalue weighted by Gasteiger charge is 2.35. The molecule has 0 spiro atoms. The highest BCUT2D eigenvalue weighted by atomic mass is 32.3. The van der Waals surface area contributed by atoms with Crippen molar-refractivity contribution in [1.82, 2.24) is 42.5 Å². The molecule has 1 fully saturated rings. The van der Waals surface area contributed by atoms with E-state index in [1.165, 1.54) is 0 Å². The van der Waals surface area contributed by atoms with E-state index in [-0.39, 0.29) is 25.3 Å². The molecule has 0 aromatic carbocycles. The van der Waals surface area contributed by atoms with Crippen molar-refractivity contribution in [1.29, 1.82) is 0 Å². The fraction of sp³-hybridized carbons (Fsp3) is 0.600. The number of primary amides is 1. The number of aliphatic imine (C=N–C) groups is 1. The predicted octanol–water partition coefficient (Wildman–Crippen LogP) is -9.54. The van der Waals surface area contributed by atoms with E-state index in [0.29, 0.717) is 19.4 Å². The van der Waals surface area contributed by atoms with Gasteiger partial charge in [0.2, 0.25) is 29.5 Å². The van der Waals surface area contributed by atoms with Gasteiger partial charge in [0.15, 0.2) is 5.96 Å². The normalized spacial score (nSPS) is 23.7. The number of nitrogens with two attached hydrogens (primary N) is 5. The van der Waals surface area contributed by atoms with Crippen LogP contribution in [0.1, 0.15) is 25.7 Å². The second-order valence-electron chi connectivity index (χ2n) is 11.6. The quantitative estimate of drug-likeness (QED) is 0.0716. The lowest BCUT2D eigenvalue weighted by Crippen LogP contribution is -2.64. The molecule has 6 atom stereocenters. The second kappa shape index (κ2) is 25.0. The summed E-state index contributed by atoms with van der Waals surface area (Å²) in [7, 11) is -9.33. The Kier molecular flexibility index (Phi) is 22.7. The summed E-state index contributed by atoms with van der Waals surface area (Å²) in [5.74, 6) is -5.62. The van der Waals surface area contributed by atoms with Crippen LogP contribution in [-0.4, -0.2) is 157 Å². The number of nitrogens with zero attached hydrogens (tertiary/aromatic N) is 1. The summed E-state index contributed by atoms with van der Waals surface area (Å²) in [4.78, 5) is 93.9. The molecular formula is C25H48N14O16S2. The molecule has 32 heteroatoms. The van der Waals surface area contributed by atoms with Crippen LogP contribution in [0, 0.1) is 0 Å². The SMILES string of the molecule is NCCCC(N)CC(=O)NC[C@@H]1NC(=O)[C@H](CO)NC(=O)[C@@H](N)CNC(=O)[C@H]([C@H]2CCN=C(N)N2)NC(=O)/C(=C/NC(N)=O)NC1=O.O=S(=O)(O)O.O=S(=O)(O)O. The molecule has 8 amide bonds. The van der Waals surface area contributed by atoms with E-state index in [0.717, 1.165) is 6.20 Å². The van der Waals surface area contributed by atoms with Crippen LogP contribution in [0.15, 0.2) is 16.9 Å². The van der Waals surface area contributed by atoms with E-state index in [1.807, 2.05) is 5.32 Å². The molecule has 326 valence electrons. The van der Waals surface area contributed by atoms with Crippen LogP contribution in [0.5, 0.6) is 0 Å². The van der Waals surface area contributed by atoms with Gasteiger partial charge >= 0.3 is 26.8 Å². The molecule has 2 aliphatic heterocycles. The molecule has 0 saturated carbocycles. The molecular weight excluding hydrogens is 816 g/mol. The van der Waals surface area contributed by atoms with Gasteiger partial charge in [-0.25, -0.2) is 4.79 Å². The Labute approximate surface area is 324 Å². The summed E-state index contributed by atoms with van der Waals surface area (Å²) in [6.45, 7) is -1.36. The zero-order valence-electron chi connectivity index (χ0n) is 29.8. The molecule has 0 aliphatic carbocycles. The Morgan fingerprint density at radius 1 is 0.912 bits per heavy atom. The van der Waals surface area contributed by atoms with Crippen LogP contribution in [0.4, 0.5) is 4.79 Å². The number of rotatable bonds is 10. The number of aliphatic hydroxyl groups excluding tert-OH is 1. The number of amides is 8. The maximum absolute atomic E-state index is 13.5. The monoisotopic (exact) mass is 864 g/mol. The number of carbonyl (C=O) groups is 7. The van der Waals surface area contributed by atoms with Crippen LogP contribution in [-0.2, 0) is 49.6 Å². The number of hydrogen-bond acceptors (Lipinski definition) is 18. The highest BCUT2D eigenvalue weighted by Crippen LogP contribution is 2.07. The Morgan fingerprint density at radius 2 is 1.49 bits per heavy atom.